The fraction of sp³-hybridized carbons (Fsp3) is 0.176. The molecule has 0 atom stereocenters. The summed E-state index contributed by atoms with van der Waals surface area (Å²) in [6, 6.07) is 11.7. The quantitative estimate of drug-likeness (QED) is 0.872. The van der Waals surface area contributed by atoms with Gasteiger partial charge in [-0.2, -0.15) is 0 Å². The van der Waals surface area contributed by atoms with E-state index in [1.165, 1.54) is 0 Å². The molecule has 2 aromatic rings. The lowest BCUT2D eigenvalue weighted by molar-refractivity contribution is -0.116. The summed E-state index contributed by atoms with van der Waals surface area (Å²) in [6.45, 7) is 0.418. The van der Waals surface area contributed by atoms with Crippen LogP contribution in [-0.2, 0) is 4.79 Å². The van der Waals surface area contributed by atoms with Crippen molar-refractivity contribution in [1.29, 1.82) is 0 Å². The topological polar surface area (TPSA) is 76.7 Å². The van der Waals surface area contributed by atoms with E-state index in [1.54, 1.807) is 42.5 Å². The van der Waals surface area contributed by atoms with E-state index in [0.717, 1.165) is 0 Å². The minimum absolute atomic E-state index is 0.160. The first-order valence-corrected chi connectivity index (χ1v) is 7.73. The van der Waals surface area contributed by atoms with Gasteiger partial charge in [-0.25, -0.2) is 0 Å². The minimum atomic E-state index is -0.248. The number of carbonyl (C=O) groups excluding carboxylic acids is 2. The van der Waals surface area contributed by atoms with Crippen molar-refractivity contribution in [2.45, 2.75) is 6.42 Å². The number of anilines is 1. The second-order valence-corrected chi connectivity index (χ2v) is 5.57. The van der Waals surface area contributed by atoms with Crippen molar-refractivity contribution in [2.24, 2.45) is 0 Å². The third-order valence-electron chi connectivity index (χ3n) is 3.40. The third-order valence-corrected chi connectivity index (χ3v) is 3.65. The molecule has 0 saturated heterocycles. The second-order valence-electron chi connectivity index (χ2n) is 5.13. The van der Waals surface area contributed by atoms with Crippen LogP contribution in [0.25, 0.3) is 0 Å². The molecule has 3 rings (SSSR count). The summed E-state index contributed by atoms with van der Waals surface area (Å²) >= 11 is 5.77. The molecule has 2 aromatic carbocycles. The molecule has 24 heavy (non-hydrogen) atoms. The van der Waals surface area contributed by atoms with Gasteiger partial charge in [-0.1, -0.05) is 11.6 Å². The van der Waals surface area contributed by atoms with E-state index in [4.69, 9.17) is 21.1 Å². The van der Waals surface area contributed by atoms with Crippen LogP contribution in [0.4, 0.5) is 5.69 Å². The summed E-state index contributed by atoms with van der Waals surface area (Å²) < 4.78 is 10.5. The number of ether oxygens (including phenoxy) is 2. The first-order valence-electron chi connectivity index (χ1n) is 7.35. The summed E-state index contributed by atoms with van der Waals surface area (Å²) in [7, 11) is 0. The number of nitrogens with one attached hydrogen (secondary N) is 2. The van der Waals surface area contributed by atoms with Gasteiger partial charge in [-0.3, -0.25) is 9.59 Å². The van der Waals surface area contributed by atoms with E-state index >= 15 is 0 Å². The van der Waals surface area contributed by atoms with Crippen LogP contribution in [0, 0.1) is 0 Å². The molecule has 0 aliphatic carbocycles. The highest BCUT2D eigenvalue weighted by Crippen LogP contribution is 2.34. The van der Waals surface area contributed by atoms with Gasteiger partial charge in [-0.05, 0) is 36.4 Å². The lowest BCUT2D eigenvalue weighted by Gasteiger charge is -2.07. The summed E-state index contributed by atoms with van der Waals surface area (Å²) in [5, 5.41) is 6.00. The van der Waals surface area contributed by atoms with Gasteiger partial charge >= 0.3 is 0 Å². The van der Waals surface area contributed by atoms with Crippen molar-refractivity contribution in [1.82, 2.24) is 5.32 Å². The van der Waals surface area contributed by atoms with E-state index in [1.807, 2.05) is 0 Å². The van der Waals surface area contributed by atoms with Gasteiger partial charge in [0.1, 0.15) is 0 Å². The van der Waals surface area contributed by atoms with Gasteiger partial charge < -0.3 is 20.1 Å². The summed E-state index contributed by atoms with van der Waals surface area (Å²) in [5.74, 6) is 0.805. The van der Waals surface area contributed by atoms with Crippen LogP contribution >= 0.6 is 11.6 Å². The Morgan fingerprint density at radius 1 is 1.04 bits per heavy atom. The van der Waals surface area contributed by atoms with E-state index < -0.39 is 0 Å². The number of hydrogen-bond donors (Lipinski definition) is 2. The Kier molecular flexibility index (Phi) is 4.86. The van der Waals surface area contributed by atoms with Crippen LogP contribution in [0.5, 0.6) is 11.5 Å². The normalized spacial score (nSPS) is 11.9. The minimum Gasteiger partial charge on any atom is -0.454 e. The third kappa shape index (κ3) is 3.97. The molecule has 0 aromatic heterocycles. The van der Waals surface area contributed by atoms with Crippen molar-refractivity contribution in [3.8, 4) is 11.5 Å². The molecule has 0 unspecified atom stereocenters. The van der Waals surface area contributed by atoms with Gasteiger partial charge in [0.05, 0.1) is 0 Å². The number of rotatable bonds is 5. The zero-order valence-electron chi connectivity index (χ0n) is 12.7. The molecular formula is C17H15ClN2O4. The largest absolute Gasteiger partial charge is 0.454 e. The molecule has 0 spiro atoms. The van der Waals surface area contributed by atoms with Crippen LogP contribution in [-0.4, -0.2) is 25.2 Å². The monoisotopic (exact) mass is 346 g/mol. The molecule has 0 bridgehead atoms. The van der Waals surface area contributed by atoms with Crippen LogP contribution in [0.15, 0.2) is 42.5 Å². The Labute approximate surface area is 143 Å². The summed E-state index contributed by atoms with van der Waals surface area (Å²) in [5.41, 5.74) is 1.11. The van der Waals surface area contributed by atoms with E-state index in [2.05, 4.69) is 10.6 Å². The Bertz CT molecular complexity index is 762. The predicted octanol–water partition coefficient (Wildman–Crippen LogP) is 2.83. The van der Waals surface area contributed by atoms with E-state index in [9.17, 15) is 9.59 Å². The molecule has 124 valence electrons. The Morgan fingerprint density at radius 3 is 2.58 bits per heavy atom. The molecule has 7 heteroatoms. The molecule has 0 saturated carbocycles. The fourth-order valence-electron chi connectivity index (χ4n) is 2.19. The maximum atomic E-state index is 11.9. The van der Waals surface area contributed by atoms with Crippen LogP contribution < -0.4 is 20.1 Å². The highest BCUT2D eigenvalue weighted by atomic mass is 35.5. The summed E-state index contributed by atoms with van der Waals surface area (Å²) in [6.07, 6.45) is 0.160. The molecule has 1 aliphatic heterocycles. The first kappa shape index (κ1) is 16.1. The average Bonchev–Trinajstić information content (AvgIpc) is 3.03. The van der Waals surface area contributed by atoms with Crippen molar-refractivity contribution < 1.29 is 19.1 Å². The van der Waals surface area contributed by atoms with Crippen molar-refractivity contribution in [3.63, 3.8) is 0 Å². The molecule has 0 fully saturated rings. The second kappa shape index (κ2) is 7.23. The standard InChI is InChI=1S/C17H15ClN2O4/c18-12-3-1-11(2-4-12)17(22)19-8-7-16(21)20-13-5-6-14-15(9-13)24-10-23-14/h1-6,9H,7-8,10H2,(H,19,22)(H,20,21). The van der Waals surface area contributed by atoms with Crippen molar-refractivity contribution in [2.75, 3.05) is 18.7 Å². The number of halogens is 1. The van der Waals surface area contributed by atoms with Crippen LogP contribution in [0.2, 0.25) is 5.02 Å². The van der Waals surface area contributed by atoms with Crippen LogP contribution in [0.3, 0.4) is 0 Å². The Morgan fingerprint density at radius 2 is 1.79 bits per heavy atom. The van der Waals surface area contributed by atoms with Gasteiger partial charge in [0.2, 0.25) is 12.7 Å². The smallest absolute Gasteiger partial charge is 0.251 e. The number of fused-ring (bicyclic) bond motifs is 1. The van der Waals surface area contributed by atoms with Crippen molar-refractivity contribution >= 4 is 29.1 Å². The first-order chi connectivity index (χ1) is 11.6. The van der Waals surface area contributed by atoms with Gasteiger partial charge in [0.25, 0.3) is 5.91 Å². The maximum Gasteiger partial charge on any atom is 0.251 e. The molecule has 1 aliphatic rings. The summed E-state index contributed by atoms with van der Waals surface area (Å²) in [4.78, 5) is 23.8. The lowest BCUT2D eigenvalue weighted by Crippen LogP contribution is -2.27. The van der Waals surface area contributed by atoms with E-state index in [-0.39, 0.29) is 31.6 Å². The highest BCUT2D eigenvalue weighted by molar-refractivity contribution is 6.30. The van der Waals surface area contributed by atoms with Crippen molar-refractivity contribution in [3.05, 3.63) is 53.1 Å². The number of hydrogen-bond acceptors (Lipinski definition) is 4. The number of carbonyl (C=O) groups is 2. The van der Waals surface area contributed by atoms with Crippen LogP contribution in [0.1, 0.15) is 16.8 Å². The molecule has 2 N–H and O–H groups in total. The maximum absolute atomic E-state index is 11.9. The molecule has 2 amide bonds. The Hall–Kier alpha value is -2.73. The molecule has 0 radical (unpaired) electrons. The number of benzene rings is 2. The Balaban J connectivity index is 1.45. The van der Waals surface area contributed by atoms with Gasteiger partial charge in [0, 0.05) is 35.3 Å². The van der Waals surface area contributed by atoms with Gasteiger partial charge in [0.15, 0.2) is 11.5 Å². The zero-order valence-corrected chi connectivity index (χ0v) is 13.4. The average molecular weight is 347 g/mol. The van der Waals surface area contributed by atoms with E-state index in [0.29, 0.717) is 27.8 Å². The highest BCUT2D eigenvalue weighted by Gasteiger charge is 2.14. The predicted molar refractivity (Wildman–Crippen MR) is 89.6 cm³/mol. The molecule has 1 heterocycles. The zero-order chi connectivity index (χ0) is 16.9. The molecular weight excluding hydrogens is 332 g/mol. The molecule has 6 nitrogen and oxygen atoms in total. The lowest BCUT2D eigenvalue weighted by atomic mass is 10.2. The number of amides is 2. The van der Waals surface area contributed by atoms with Gasteiger partial charge in [-0.15, -0.1) is 0 Å². The fourth-order valence-corrected chi connectivity index (χ4v) is 2.32. The SMILES string of the molecule is O=C(CCNC(=O)c1ccc(Cl)cc1)Nc1ccc2c(c1)OCO2.